The number of hydrogen-bond donors (Lipinski definition) is 1. The summed E-state index contributed by atoms with van der Waals surface area (Å²) >= 11 is 0. The fourth-order valence-electron chi connectivity index (χ4n) is 2.00. The van der Waals surface area contributed by atoms with Crippen LogP contribution in [0.15, 0.2) is 0 Å². The van der Waals surface area contributed by atoms with Crippen molar-refractivity contribution in [3.05, 3.63) is 0 Å². The van der Waals surface area contributed by atoms with Crippen molar-refractivity contribution in [3.8, 4) is 0 Å². The summed E-state index contributed by atoms with van der Waals surface area (Å²) in [6.07, 6.45) is 5.03. The van der Waals surface area contributed by atoms with E-state index in [0.29, 0.717) is 12.1 Å². The minimum absolute atomic E-state index is 0.615. The Morgan fingerprint density at radius 3 is 2.64 bits per heavy atom. The van der Waals surface area contributed by atoms with Crippen LogP contribution in [0.1, 0.15) is 46.5 Å². The van der Waals surface area contributed by atoms with Gasteiger partial charge in [0.25, 0.3) is 0 Å². The summed E-state index contributed by atoms with van der Waals surface area (Å²) in [6, 6.07) is 1.31. The largest absolute Gasteiger partial charge is 0.380 e. The average molecular weight is 199 g/mol. The highest BCUT2D eigenvalue weighted by atomic mass is 16.5. The highest BCUT2D eigenvalue weighted by molar-refractivity contribution is 4.77. The molecule has 1 heterocycles. The van der Waals surface area contributed by atoms with E-state index in [2.05, 4.69) is 26.1 Å². The van der Waals surface area contributed by atoms with E-state index in [9.17, 15) is 0 Å². The van der Waals surface area contributed by atoms with Gasteiger partial charge in [-0.2, -0.15) is 0 Å². The van der Waals surface area contributed by atoms with Crippen LogP contribution >= 0.6 is 0 Å². The molecule has 0 radical (unpaired) electrons. The van der Waals surface area contributed by atoms with Crippen molar-refractivity contribution in [3.63, 3.8) is 0 Å². The summed E-state index contributed by atoms with van der Waals surface area (Å²) in [5.74, 6) is 0.842. The molecule has 84 valence electrons. The lowest BCUT2D eigenvalue weighted by Crippen LogP contribution is -2.39. The standard InChI is InChI=1S/C12H25NO/c1-4-10(3)8-11(5-2)13-12-6-7-14-9-12/h10-13H,4-9H2,1-3H3. The number of rotatable bonds is 6. The third-order valence-corrected chi connectivity index (χ3v) is 3.28. The van der Waals surface area contributed by atoms with Gasteiger partial charge in [0, 0.05) is 18.7 Å². The van der Waals surface area contributed by atoms with Gasteiger partial charge in [-0.3, -0.25) is 0 Å². The summed E-state index contributed by atoms with van der Waals surface area (Å²) in [4.78, 5) is 0. The minimum Gasteiger partial charge on any atom is -0.380 e. The highest BCUT2D eigenvalue weighted by Crippen LogP contribution is 2.14. The molecule has 14 heavy (non-hydrogen) atoms. The molecule has 1 saturated heterocycles. The van der Waals surface area contributed by atoms with E-state index in [0.717, 1.165) is 19.1 Å². The van der Waals surface area contributed by atoms with Crippen molar-refractivity contribution in [2.75, 3.05) is 13.2 Å². The lowest BCUT2D eigenvalue weighted by molar-refractivity contribution is 0.186. The van der Waals surface area contributed by atoms with Crippen LogP contribution in [0, 0.1) is 5.92 Å². The van der Waals surface area contributed by atoms with Crippen LogP contribution in [-0.4, -0.2) is 25.3 Å². The van der Waals surface area contributed by atoms with Crippen LogP contribution in [0.5, 0.6) is 0 Å². The van der Waals surface area contributed by atoms with E-state index in [4.69, 9.17) is 4.74 Å². The quantitative estimate of drug-likeness (QED) is 0.710. The molecule has 0 aromatic carbocycles. The van der Waals surface area contributed by atoms with Gasteiger partial charge in [-0.15, -0.1) is 0 Å². The van der Waals surface area contributed by atoms with Crippen LogP contribution in [0.4, 0.5) is 0 Å². The Hall–Kier alpha value is -0.0800. The molecule has 1 rings (SSSR count). The van der Waals surface area contributed by atoms with Gasteiger partial charge in [-0.1, -0.05) is 27.2 Å². The second-order valence-corrected chi connectivity index (χ2v) is 4.58. The highest BCUT2D eigenvalue weighted by Gasteiger charge is 2.19. The predicted molar refractivity (Wildman–Crippen MR) is 60.5 cm³/mol. The van der Waals surface area contributed by atoms with Gasteiger partial charge >= 0.3 is 0 Å². The molecule has 1 aliphatic rings. The maximum absolute atomic E-state index is 5.37. The predicted octanol–water partition coefficient (Wildman–Crippen LogP) is 2.58. The van der Waals surface area contributed by atoms with E-state index < -0.39 is 0 Å². The molecule has 3 atom stereocenters. The maximum atomic E-state index is 5.37. The first kappa shape index (κ1) is 12.0. The zero-order chi connectivity index (χ0) is 10.4. The molecular weight excluding hydrogens is 174 g/mol. The van der Waals surface area contributed by atoms with E-state index in [1.165, 1.54) is 25.7 Å². The molecule has 0 aromatic heterocycles. The topological polar surface area (TPSA) is 21.3 Å². The first-order valence-electron chi connectivity index (χ1n) is 6.10. The molecule has 1 aliphatic heterocycles. The van der Waals surface area contributed by atoms with Crippen molar-refractivity contribution in [2.45, 2.75) is 58.5 Å². The molecule has 0 amide bonds. The van der Waals surface area contributed by atoms with Crippen molar-refractivity contribution in [1.82, 2.24) is 5.32 Å². The van der Waals surface area contributed by atoms with Gasteiger partial charge in [0.2, 0.25) is 0 Å². The Balaban J connectivity index is 2.22. The SMILES string of the molecule is CCC(C)CC(CC)NC1CCOC1. The van der Waals surface area contributed by atoms with Gasteiger partial charge in [-0.05, 0) is 25.2 Å². The van der Waals surface area contributed by atoms with Crippen molar-refractivity contribution in [1.29, 1.82) is 0 Å². The maximum Gasteiger partial charge on any atom is 0.0620 e. The second kappa shape index (κ2) is 6.41. The number of nitrogens with one attached hydrogen (secondary N) is 1. The fourth-order valence-corrected chi connectivity index (χ4v) is 2.00. The zero-order valence-electron chi connectivity index (χ0n) is 9.88. The van der Waals surface area contributed by atoms with E-state index >= 15 is 0 Å². The lowest BCUT2D eigenvalue weighted by Gasteiger charge is -2.23. The van der Waals surface area contributed by atoms with Crippen molar-refractivity contribution < 1.29 is 4.74 Å². The Morgan fingerprint density at radius 2 is 2.14 bits per heavy atom. The van der Waals surface area contributed by atoms with Gasteiger partial charge in [-0.25, -0.2) is 0 Å². The Labute approximate surface area is 88.4 Å². The van der Waals surface area contributed by atoms with Crippen LogP contribution in [0.3, 0.4) is 0 Å². The van der Waals surface area contributed by atoms with E-state index in [1.807, 2.05) is 0 Å². The summed E-state index contributed by atoms with van der Waals surface area (Å²) in [5, 5.41) is 3.71. The minimum atomic E-state index is 0.615. The molecule has 2 nitrogen and oxygen atoms in total. The Morgan fingerprint density at radius 1 is 1.36 bits per heavy atom. The zero-order valence-corrected chi connectivity index (χ0v) is 9.88. The summed E-state index contributed by atoms with van der Waals surface area (Å²) in [5.41, 5.74) is 0. The van der Waals surface area contributed by atoms with Crippen LogP contribution in [0.25, 0.3) is 0 Å². The lowest BCUT2D eigenvalue weighted by atomic mass is 9.97. The van der Waals surface area contributed by atoms with Gasteiger partial charge < -0.3 is 10.1 Å². The summed E-state index contributed by atoms with van der Waals surface area (Å²) < 4.78 is 5.37. The first-order chi connectivity index (χ1) is 6.76. The second-order valence-electron chi connectivity index (χ2n) is 4.58. The first-order valence-corrected chi connectivity index (χ1v) is 6.10. The van der Waals surface area contributed by atoms with Crippen LogP contribution in [-0.2, 0) is 4.74 Å². The van der Waals surface area contributed by atoms with Gasteiger partial charge in [0.15, 0.2) is 0 Å². The van der Waals surface area contributed by atoms with E-state index in [1.54, 1.807) is 0 Å². The average Bonchev–Trinajstić information content (AvgIpc) is 2.69. The smallest absolute Gasteiger partial charge is 0.0620 e. The molecule has 1 fully saturated rings. The normalized spacial score (nSPS) is 26.4. The number of hydrogen-bond acceptors (Lipinski definition) is 2. The molecule has 0 saturated carbocycles. The molecule has 0 aliphatic carbocycles. The Kier molecular flexibility index (Phi) is 5.49. The fraction of sp³-hybridized carbons (Fsp3) is 1.00. The van der Waals surface area contributed by atoms with Gasteiger partial charge in [0.1, 0.15) is 0 Å². The Bertz CT molecular complexity index is 143. The third-order valence-electron chi connectivity index (χ3n) is 3.28. The van der Waals surface area contributed by atoms with E-state index in [-0.39, 0.29) is 0 Å². The van der Waals surface area contributed by atoms with Crippen molar-refractivity contribution >= 4 is 0 Å². The molecule has 0 spiro atoms. The molecule has 0 aromatic rings. The van der Waals surface area contributed by atoms with Crippen molar-refractivity contribution in [2.24, 2.45) is 5.92 Å². The summed E-state index contributed by atoms with van der Waals surface area (Å²) in [7, 11) is 0. The molecule has 0 bridgehead atoms. The summed E-state index contributed by atoms with van der Waals surface area (Å²) in [6.45, 7) is 8.75. The third kappa shape index (κ3) is 3.97. The molecule has 1 N–H and O–H groups in total. The van der Waals surface area contributed by atoms with Crippen LogP contribution in [0.2, 0.25) is 0 Å². The van der Waals surface area contributed by atoms with Gasteiger partial charge in [0.05, 0.1) is 6.61 Å². The molecule has 2 heteroatoms. The van der Waals surface area contributed by atoms with Crippen LogP contribution < -0.4 is 5.32 Å². The molecular formula is C12H25NO. The number of ether oxygens (including phenoxy) is 1. The monoisotopic (exact) mass is 199 g/mol. The molecule has 3 unspecified atom stereocenters.